The quantitative estimate of drug-likeness (QED) is 0.0279. The van der Waals surface area contributed by atoms with Crippen LogP contribution in [0.1, 0.15) is 277 Å². The van der Waals surface area contributed by atoms with Crippen molar-refractivity contribution < 1.29 is 37.6 Å². The van der Waals surface area contributed by atoms with Crippen molar-refractivity contribution in [1.82, 2.24) is 0 Å². The Kier molecular flexibility index (Phi) is 46.3. The molecule has 0 aliphatic heterocycles. The summed E-state index contributed by atoms with van der Waals surface area (Å²) in [7, 11) is -3.19. The Hall–Kier alpha value is -1.21. The fourth-order valence-electron chi connectivity index (χ4n) is 7.77. The Bertz CT molecular complexity index is 988. The van der Waals surface area contributed by atoms with Crippen molar-refractivity contribution >= 4 is 19.8 Å². The van der Waals surface area contributed by atoms with Gasteiger partial charge < -0.3 is 14.4 Å². The molecule has 0 rings (SSSR count). The average Bonchev–Trinajstić information content (AvgIpc) is 3.24. The second-order valence-electron chi connectivity index (χ2n) is 17.7. The van der Waals surface area contributed by atoms with Crippen molar-refractivity contribution in [3.05, 3.63) is 12.2 Å². The molecule has 0 aliphatic rings. The number of esters is 2. The van der Waals surface area contributed by atoms with E-state index >= 15 is 0 Å². The molecule has 0 aromatic rings. The van der Waals surface area contributed by atoms with E-state index in [2.05, 4.69) is 30.5 Å². The first-order chi connectivity index (χ1) is 29.3. The number of phosphoric ester groups is 1. The molecule has 0 heterocycles. The molecule has 0 amide bonds. The van der Waals surface area contributed by atoms with E-state index in [1.165, 1.54) is 212 Å². The van der Waals surface area contributed by atoms with Gasteiger partial charge >= 0.3 is 19.8 Å². The maximum absolute atomic E-state index is 12.6. The van der Waals surface area contributed by atoms with Gasteiger partial charge in [-0.2, -0.15) is 0 Å². The minimum Gasteiger partial charge on any atom is -0.462 e. The van der Waals surface area contributed by atoms with Crippen molar-refractivity contribution in [3.63, 3.8) is 0 Å². The van der Waals surface area contributed by atoms with Crippen molar-refractivity contribution in [3.8, 4) is 0 Å². The molecule has 0 aliphatic carbocycles. The second-order valence-corrected chi connectivity index (χ2v) is 19.2. The van der Waals surface area contributed by atoms with Gasteiger partial charge in [0, 0.05) is 20.0 Å². The van der Waals surface area contributed by atoms with E-state index in [9.17, 15) is 19.0 Å². The van der Waals surface area contributed by atoms with Gasteiger partial charge in [-0.15, -0.1) is 0 Å². The monoisotopic (exact) mass is 871 g/mol. The Labute approximate surface area is 371 Å². The van der Waals surface area contributed by atoms with Crippen LogP contribution in [0.4, 0.5) is 0 Å². The van der Waals surface area contributed by atoms with Crippen LogP contribution in [0.3, 0.4) is 0 Å². The van der Waals surface area contributed by atoms with E-state index in [0.717, 1.165) is 39.2 Å². The van der Waals surface area contributed by atoms with Gasteiger partial charge in [-0.3, -0.25) is 18.6 Å². The fourth-order valence-corrected chi connectivity index (χ4v) is 8.23. The zero-order chi connectivity index (χ0) is 43.9. The zero-order valence-electron chi connectivity index (χ0n) is 39.9. The maximum Gasteiger partial charge on any atom is 0.472 e. The third-order valence-electron chi connectivity index (χ3n) is 11.8. The summed E-state index contributed by atoms with van der Waals surface area (Å²) < 4.78 is 32.2. The molecule has 0 fully saturated rings. The Morgan fingerprint density at radius 2 is 0.750 bits per heavy atom. The summed E-state index contributed by atoms with van der Waals surface area (Å²) in [5, 5.41) is 0. The van der Waals surface area contributed by atoms with E-state index in [4.69, 9.17) is 14.0 Å². The van der Waals surface area contributed by atoms with E-state index in [-0.39, 0.29) is 19.0 Å². The molecule has 0 spiro atoms. The second kappa shape index (κ2) is 47.3. The molecule has 0 radical (unpaired) electrons. The number of hydrogen-bond donors (Lipinski definition) is 1. The Morgan fingerprint density at radius 1 is 0.450 bits per heavy atom. The highest BCUT2D eigenvalue weighted by molar-refractivity contribution is 7.47. The van der Waals surface area contributed by atoms with Gasteiger partial charge in [-0.25, -0.2) is 4.57 Å². The highest BCUT2D eigenvalue weighted by Gasteiger charge is 2.24. The summed E-state index contributed by atoms with van der Waals surface area (Å²) in [5.74, 6) is -0.788. The summed E-state index contributed by atoms with van der Waals surface area (Å²) in [6, 6.07) is 0. The smallest absolute Gasteiger partial charge is 0.462 e. The van der Waals surface area contributed by atoms with E-state index in [1.54, 1.807) is 0 Å². The van der Waals surface area contributed by atoms with Gasteiger partial charge in [-0.05, 0) is 38.5 Å². The van der Waals surface area contributed by atoms with Gasteiger partial charge in [0.25, 0.3) is 0 Å². The van der Waals surface area contributed by atoms with E-state index < -0.39 is 26.5 Å². The molecule has 0 aromatic heterocycles. The third kappa shape index (κ3) is 46.3. The predicted octanol–water partition coefficient (Wildman–Crippen LogP) is 16.8. The van der Waals surface area contributed by atoms with Crippen LogP contribution in [0.5, 0.6) is 0 Å². The first-order valence-electron chi connectivity index (χ1n) is 25.9. The van der Waals surface area contributed by atoms with Gasteiger partial charge in [-0.1, -0.05) is 238 Å². The van der Waals surface area contributed by atoms with E-state index in [0.29, 0.717) is 12.8 Å². The number of unbranched alkanes of at least 4 members (excludes halogenated alkanes) is 36. The molecule has 9 heteroatoms. The molecular weight excluding hydrogens is 772 g/mol. The Balaban J connectivity index is 3.86. The average molecular weight is 871 g/mol. The highest BCUT2D eigenvalue weighted by Crippen LogP contribution is 2.42. The molecule has 1 N–H and O–H groups in total. The lowest BCUT2D eigenvalue weighted by molar-refractivity contribution is -0.161. The van der Waals surface area contributed by atoms with E-state index in [1.807, 2.05) is 0 Å². The van der Waals surface area contributed by atoms with Crippen LogP contribution in [0, 0.1) is 0 Å². The first-order valence-corrected chi connectivity index (χ1v) is 27.4. The van der Waals surface area contributed by atoms with Crippen LogP contribution >= 0.6 is 7.82 Å². The molecule has 0 aromatic carbocycles. The molecule has 60 heavy (non-hydrogen) atoms. The first kappa shape index (κ1) is 58.8. The fraction of sp³-hybridized carbons (Fsp3) is 0.922. The van der Waals surface area contributed by atoms with Gasteiger partial charge in [0.05, 0.1) is 6.61 Å². The van der Waals surface area contributed by atoms with Crippen LogP contribution in [-0.4, -0.2) is 43.3 Å². The summed E-state index contributed by atoms with van der Waals surface area (Å²) >= 11 is 0. The number of ether oxygens (including phenoxy) is 2. The highest BCUT2D eigenvalue weighted by atomic mass is 31.2. The number of rotatable bonds is 49. The van der Waals surface area contributed by atoms with Crippen LogP contribution in [0.25, 0.3) is 0 Å². The normalized spacial score (nSPS) is 13.2. The van der Waals surface area contributed by atoms with Crippen LogP contribution < -0.4 is 0 Å². The van der Waals surface area contributed by atoms with Crippen molar-refractivity contribution in [1.29, 1.82) is 0 Å². The number of allylic oxidation sites excluding steroid dienone is 2. The lowest BCUT2D eigenvalue weighted by Crippen LogP contribution is -2.29. The summed E-state index contributed by atoms with van der Waals surface area (Å²) in [6.07, 6.45) is 54.2. The number of hydrogen-bond acceptors (Lipinski definition) is 7. The maximum atomic E-state index is 12.6. The lowest BCUT2D eigenvalue weighted by Gasteiger charge is -2.19. The largest absolute Gasteiger partial charge is 0.472 e. The Morgan fingerprint density at radius 3 is 1.08 bits per heavy atom. The molecule has 2 atom stereocenters. The standard InChI is InChI=1S/C51H99O8P/c1-4-6-8-10-12-14-16-18-20-22-24-26-28-30-32-34-36-38-40-42-44-46-51(53)59-49(48-58-60(54,55)56-3)47-57-50(52)45-43-41-39-37-35-33-31-29-27-25-23-21-19-17-15-13-11-9-7-5-2/h22,24,49H,4-21,23,25-48H2,1-3H3,(H,54,55)/b24-22-. The number of carbonyl (C=O) groups excluding carboxylic acids is 2. The number of phosphoric acid groups is 1. The molecule has 0 bridgehead atoms. The molecule has 356 valence electrons. The summed E-state index contributed by atoms with van der Waals surface area (Å²) in [6.45, 7) is 3.94. The third-order valence-corrected chi connectivity index (χ3v) is 12.7. The number of carbonyl (C=O) groups is 2. The van der Waals surface area contributed by atoms with Crippen molar-refractivity contribution in [2.24, 2.45) is 0 Å². The predicted molar refractivity (Wildman–Crippen MR) is 253 cm³/mol. The minimum absolute atomic E-state index is 0.219. The van der Waals surface area contributed by atoms with Crippen molar-refractivity contribution in [2.45, 2.75) is 283 Å². The van der Waals surface area contributed by atoms with Gasteiger partial charge in [0.2, 0.25) is 0 Å². The van der Waals surface area contributed by atoms with Gasteiger partial charge in [0.15, 0.2) is 6.10 Å². The summed E-state index contributed by atoms with van der Waals surface area (Å²) in [4.78, 5) is 34.7. The molecule has 0 saturated carbocycles. The molecule has 0 saturated heterocycles. The molecule has 2 unspecified atom stereocenters. The lowest BCUT2D eigenvalue weighted by atomic mass is 10.0. The van der Waals surface area contributed by atoms with Crippen LogP contribution in [0.2, 0.25) is 0 Å². The summed E-state index contributed by atoms with van der Waals surface area (Å²) in [5.41, 5.74) is 0. The zero-order valence-corrected chi connectivity index (χ0v) is 40.8. The SMILES string of the molecule is CCCCCCCCCC/C=C\CCCCCCCCCCCC(=O)OC(COC(=O)CCCCCCCCCCCCCCCCCCCCCC)COP(=O)(O)OC. The van der Waals surface area contributed by atoms with Crippen LogP contribution in [0.15, 0.2) is 12.2 Å². The van der Waals surface area contributed by atoms with Gasteiger partial charge in [0.1, 0.15) is 6.61 Å². The van der Waals surface area contributed by atoms with Crippen LogP contribution in [-0.2, 0) is 32.7 Å². The minimum atomic E-state index is -4.26. The molecular formula is C51H99O8P. The topological polar surface area (TPSA) is 108 Å². The van der Waals surface area contributed by atoms with Crippen molar-refractivity contribution in [2.75, 3.05) is 20.3 Å². The molecule has 8 nitrogen and oxygen atoms in total.